The highest BCUT2D eigenvalue weighted by Gasteiger charge is 2.22. The van der Waals surface area contributed by atoms with Crippen LogP contribution >= 0.6 is 0 Å². The van der Waals surface area contributed by atoms with Crippen molar-refractivity contribution >= 4 is 5.91 Å². The molecule has 0 spiro atoms. The Balaban J connectivity index is 1.80. The summed E-state index contributed by atoms with van der Waals surface area (Å²) in [6, 6.07) is 9.62. The molecule has 2 N–H and O–H groups in total. The van der Waals surface area contributed by atoms with E-state index in [-0.39, 0.29) is 17.9 Å². The van der Waals surface area contributed by atoms with Gasteiger partial charge in [-0.25, -0.2) is 0 Å². The SMILES string of the molecule is CC(CC(O)c1ccccc1)NC(=O)C1CCCCCC1. The molecule has 0 bridgehead atoms. The molecule has 1 aliphatic carbocycles. The van der Waals surface area contributed by atoms with Crippen molar-refractivity contribution in [3.05, 3.63) is 35.9 Å². The van der Waals surface area contributed by atoms with Gasteiger partial charge in [0.25, 0.3) is 0 Å². The van der Waals surface area contributed by atoms with Crippen molar-refractivity contribution in [2.24, 2.45) is 5.92 Å². The number of nitrogens with one attached hydrogen (secondary N) is 1. The van der Waals surface area contributed by atoms with Crippen LogP contribution in [-0.4, -0.2) is 17.1 Å². The van der Waals surface area contributed by atoms with Crippen LogP contribution in [0.15, 0.2) is 30.3 Å². The molecule has 1 aliphatic rings. The lowest BCUT2D eigenvalue weighted by Gasteiger charge is -2.21. The van der Waals surface area contributed by atoms with E-state index < -0.39 is 6.10 Å². The van der Waals surface area contributed by atoms with E-state index in [2.05, 4.69) is 5.32 Å². The highest BCUT2D eigenvalue weighted by Crippen LogP contribution is 2.23. The third kappa shape index (κ3) is 5.16. The van der Waals surface area contributed by atoms with E-state index in [0.717, 1.165) is 18.4 Å². The Kier molecular flexibility index (Phi) is 6.24. The van der Waals surface area contributed by atoms with Crippen molar-refractivity contribution in [3.63, 3.8) is 0 Å². The maximum Gasteiger partial charge on any atom is 0.223 e. The van der Waals surface area contributed by atoms with Crippen LogP contribution in [0.3, 0.4) is 0 Å². The second-order valence-electron chi connectivity index (χ2n) is 6.26. The van der Waals surface area contributed by atoms with Crippen molar-refractivity contribution in [1.82, 2.24) is 5.32 Å². The minimum Gasteiger partial charge on any atom is -0.388 e. The van der Waals surface area contributed by atoms with Crippen LogP contribution < -0.4 is 5.32 Å². The Bertz CT molecular complexity index is 424. The summed E-state index contributed by atoms with van der Waals surface area (Å²) in [6.07, 6.45) is 6.91. The predicted octanol–water partition coefficient (Wildman–Crippen LogP) is 3.59. The van der Waals surface area contributed by atoms with E-state index >= 15 is 0 Å². The fraction of sp³-hybridized carbons (Fsp3) is 0.611. The molecule has 1 aromatic rings. The first-order valence-corrected chi connectivity index (χ1v) is 8.20. The van der Waals surface area contributed by atoms with Gasteiger partial charge in [-0.15, -0.1) is 0 Å². The van der Waals surface area contributed by atoms with Gasteiger partial charge < -0.3 is 10.4 Å². The van der Waals surface area contributed by atoms with E-state index in [1.54, 1.807) is 0 Å². The first-order valence-electron chi connectivity index (χ1n) is 8.20. The fourth-order valence-electron chi connectivity index (χ4n) is 3.11. The van der Waals surface area contributed by atoms with Gasteiger partial charge in [-0.05, 0) is 31.7 Å². The summed E-state index contributed by atoms with van der Waals surface area (Å²) in [5, 5.41) is 13.3. The van der Waals surface area contributed by atoms with Gasteiger partial charge in [0.2, 0.25) is 5.91 Å². The molecule has 0 aliphatic heterocycles. The molecule has 1 aromatic carbocycles. The Labute approximate surface area is 127 Å². The van der Waals surface area contributed by atoms with E-state index in [1.165, 1.54) is 25.7 Å². The fourth-order valence-corrected chi connectivity index (χ4v) is 3.11. The molecule has 2 rings (SSSR count). The number of benzene rings is 1. The number of amides is 1. The first kappa shape index (κ1) is 16.0. The normalized spacial score (nSPS) is 19.5. The minimum atomic E-state index is -0.518. The van der Waals surface area contributed by atoms with Gasteiger partial charge in [0.1, 0.15) is 0 Å². The summed E-state index contributed by atoms with van der Waals surface area (Å²) in [5.74, 6) is 0.341. The smallest absolute Gasteiger partial charge is 0.223 e. The van der Waals surface area contributed by atoms with Crippen molar-refractivity contribution in [2.45, 2.75) is 64.0 Å². The van der Waals surface area contributed by atoms with Crippen LogP contribution in [0.25, 0.3) is 0 Å². The molecule has 3 nitrogen and oxygen atoms in total. The molecular weight excluding hydrogens is 262 g/mol. The quantitative estimate of drug-likeness (QED) is 0.814. The summed E-state index contributed by atoms with van der Waals surface area (Å²) in [7, 11) is 0. The summed E-state index contributed by atoms with van der Waals surface area (Å²) in [5.41, 5.74) is 0.910. The number of hydrogen-bond acceptors (Lipinski definition) is 2. The lowest BCUT2D eigenvalue weighted by atomic mass is 9.98. The van der Waals surface area contributed by atoms with Gasteiger partial charge in [-0.3, -0.25) is 4.79 Å². The molecule has 2 unspecified atom stereocenters. The summed E-state index contributed by atoms with van der Waals surface area (Å²) >= 11 is 0. The minimum absolute atomic E-state index is 0.00374. The van der Waals surface area contributed by atoms with Crippen LogP contribution in [0.4, 0.5) is 0 Å². The molecule has 116 valence electrons. The van der Waals surface area contributed by atoms with Crippen molar-refractivity contribution < 1.29 is 9.90 Å². The zero-order valence-corrected chi connectivity index (χ0v) is 12.9. The molecular formula is C18H27NO2. The standard InChI is InChI=1S/C18H27NO2/c1-14(13-17(20)15-9-7-4-8-10-15)19-18(21)16-11-5-2-3-6-12-16/h4,7-10,14,16-17,20H,2-3,5-6,11-13H2,1H3,(H,19,21). The maximum absolute atomic E-state index is 12.3. The molecule has 1 fully saturated rings. The molecule has 0 heterocycles. The van der Waals surface area contributed by atoms with Crippen molar-refractivity contribution in [3.8, 4) is 0 Å². The average molecular weight is 289 g/mol. The number of hydrogen-bond donors (Lipinski definition) is 2. The van der Waals surface area contributed by atoms with Gasteiger partial charge >= 0.3 is 0 Å². The third-order valence-corrected chi connectivity index (χ3v) is 4.38. The highest BCUT2D eigenvalue weighted by atomic mass is 16.3. The van der Waals surface area contributed by atoms with Crippen molar-refractivity contribution in [2.75, 3.05) is 0 Å². The summed E-state index contributed by atoms with van der Waals surface area (Å²) < 4.78 is 0. The monoisotopic (exact) mass is 289 g/mol. The van der Waals surface area contributed by atoms with Gasteiger partial charge in [0, 0.05) is 12.0 Å². The summed E-state index contributed by atoms with van der Waals surface area (Å²) in [6.45, 7) is 1.97. The van der Waals surface area contributed by atoms with Crippen LogP contribution in [0.5, 0.6) is 0 Å². The van der Waals surface area contributed by atoms with Gasteiger partial charge in [0.05, 0.1) is 6.10 Å². The molecule has 3 heteroatoms. The molecule has 0 aromatic heterocycles. The van der Waals surface area contributed by atoms with Crippen molar-refractivity contribution in [1.29, 1.82) is 0 Å². The lowest BCUT2D eigenvalue weighted by molar-refractivity contribution is -0.126. The predicted molar refractivity (Wildman–Crippen MR) is 84.8 cm³/mol. The zero-order valence-electron chi connectivity index (χ0n) is 12.9. The van der Waals surface area contributed by atoms with Gasteiger partial charge in [0.15, 0.2) is 0 Å². The van der Waals surface area contributed by atoms with E-state index in [1.807, 2.05) is 37.3 Å². The number of carbonyl (C=O) groups is 1. The molecule has 0 saturated heterocycles. The first-order chi connectivity index (χ1) is 10.2. The number of rotatable bonds is 5. The number of aliphatic hydroxyl groups is 1. The Morgan fingerprint density at radius 3 is 2.43 bits per heavy atom. The maximum atomic E-state index is 12.3. The Morgan fingerprint density at radius 1 is 1.19 bits per heavy atom. The zero-order chi connectivity index (χ0) is 15.1. The topological polar surface area (TPSA) is 49.3 Å². The van der Waals surface area contributed by atoms with Gasteiger partial charge in [-0.2, -0.15) is 0 Å². The van der Waals surface area contributed by atoms with Crippen LogP contribution in [0.1, 0.15) is 63.5 Å². The average Bonchev–Trinajstić information content (AvgIpc) is 2.77. The van der Waals surface area contributed by atoms with Gasteiger partial charge in [-0.1, -0.05) is 56.0 Å². The van der Waals surface area contributed by atoms with Crippen LogP contribution in [0.2, 0.25) is 0 Å². The number of aliphatic hydroxyl groups excluding tert-OH is 1. The molecule has 21 heavy (non-hydrogen) atoms. The molecule has 1 saturated carbocycles. The largest absolute Gasteiger partial charge is 0.388 e. The Hall–Kier alpha value is -1.35. The summed E-state index contributed by atoms with van der Waals surface area (Å²) in [4.78, 5) is 12.3. The van der Waals surface area contributed by atoms with Crippen LogP contribution in [0, 0.1) is 5.92 Å². The van der Waals surface area contributed by atoms with Crippen LogP contribution in [-0.2, 0) is 4.79 Å². The lowest BCUT2D eigenvalue weighted by Crippen LogP contribution is -2.38. The second-order valence-corrected chi connectivity index (χ2v) is 6.26. The molecule has 2 atom stereocenters. The highest BCUT2D eigenvalue weighted by molar-refractivity contribution is 5.78. The van der Waals surface area contributed by atoms with E-state index in [9.17, 15) is 9.90 Å². The second kappa shape index (κ2) is 8.18. The number of carbonyl (C=O) groups excluding carboxylic acids is 1. The van der Waals surface area contributed by atoms with E-state index in [4.69, 9.17) is 0 Å². The third-order valence-electron chi connectivity index (χ3n) is 4.38. The van der Waals surface area contributed by atoms with E-state index in [0.29, 0.717) is 6.42 Å². The molecule has 1 amide bonds. The molecule has 0 radical (unpaired) electrons. The Morgan fingerprint density at radius 2 is 1.81 bits per heavy atom.